The number of carbonyl (C=O) groups excluding carboxylic acids is 1. The lowest BCUT2D eigenvalue weighted by molar-refractivity contribution is -0.116. The highest BCUT2D eigenvalue weighted by Crippen LogP contribution is 2.35. The average molecular weight is 418 g/mol. The maximum atomic E-state index is 13.1. The second-order valence-corrected chi connectivity index (χ2v) is 8.57. The quantitative estimate of drug-likeness (QED) is 0.486. The van der Waals surface area contributed by atoms with Crippen molar-refractivity contribution in [3.8, 4) is 10.4 Å². The van der Waals surface area contributed by atoms with E-state index in [1.54, 1.807) is 0 Å². The number of carbonyl (C=O) groups is 1. The zero-order valence-electron chi connectivity index (χ0n) is 17.2. The van der Waals surface area contributed by atoms with Crippen molar-refractivity contribution < 1.29 is 4.79 Å². The molecule has 0 spiro atoms. The van der Waals surface area contributed by atoms with Gasteiger partial charge in [-0.05, 0) is 35.6 Å². The molecule has 0 atom stereocenters. The number of anilines is 1. The molecule has 4 rings (SSSR count). The number of benzene rings is 2. The first kappa shape index (κ1) is 20.0. The van der Waals surface area contributed by atoms with E-state index in [4.69, 9.17) is 0 Å². The van der Waals surface area contributed by atoms with Crippen LogP contribution in [0.5, 0.6) is 0 Å². The molecule has 0 saturated heterocycles. The lowest BCUT2D eigenvalue weighted by Gasteiger charge is -2.14. The molecular formula is C24H23N3O2S. The van der Waals surface area contributed by atoms with Gasteiger partial charge in [-0.1, -0.05) is 62.4 Å². The summed E-state index contributed by atoms with van der Waals surface area (Å²) in [6, 6.07) is 17.7. The van der Waals surface area contributed by atoms with Crippen LogP contribution in [0.4, 0.5) is 5.69 Å². The van der Waals surface area contributed by atoms with Crippen LogP contribution < -0.4 is 10.9 Å². The lowest BCUT2D eigenvalue weighted by Crippen LogP contribution is -2.28. The first-order valence-corrected chi connectivity index (χ1v) is 10.7. The van der Waals surface area contributed by atoms with Gasteiger partial charge in [-0.3, -0.25) is 14.2 Å². The van der Waals surface area contributed by atoms with Crippen LogP contribution in [0.1, 0.15) is 30.9 Å². The highest BCUT2D eigenvalue weighted by molar-refractivity contribution is 7.22. The fourth-order valence-electron chi connectivity index (χ4n) is 3.60. The smallest absolute Gasteiger partial charge is 0.262 e. The van der Waals surface area contributed by atoms with E-state index in [1.807, 2.05) is 61.5 Å². The molecule has 0 aliphatic rings. The maximum absolute atomic E-state index is 13.1. The van der Waals surface area contributed by atoms with Crippen molar-refractivity contribution in [1.29, 1.82) is 0 Å². The fourth-order valence-corrected chi connectivity index (χ4v) is 4.74. The molecular weight excluding hydrogens is 394 g/mol. The molecule has 30 heavy (non-hydrogen) atoms. The summed E-state index contributed by atoms with van der Waals surface area (Å²) in [6.45, 7) is 6.02. The van der Waals surface area contributed by atoms with Gasteiger partial charge in [0.05, 0.1) is 11.7 Å². The third-order valence-corrected chi connectivity index (χ3v) is 6.37. The fraction of sp³-hybridized carbons (Fsp3) is 0.208. The van der Waals surface area contributed by atoms with E-state index in [-0.39, 0.29) is 23.9 Å². The molecule has 2 aromatic carbocycles. The Kier molecular flexibility index (Phi) is 5.50. The number of fused-ring (bicyclic) bond motifs is 1. The number of nitrogens with zero attached hydrogens (tertiary/aromatic N) is 2. The monoisotopic (exact) mass is 417 g/mol. The first-order valence-electron chi connectivity index (χ1n) is 9.88. The van der Waals surface area contributed by atoms with E-state index in [0.717, 1.165) is 27.3 Å². The van der Waals surface area contributed by atoms with Crippen LogP contribution in [0.15, 0.2) is 65.7 Å². The predicted octanol–water partition coefficient (Wildman–Crippen LogP) is 5.20. The van der Waals surface area contributed by atoms with Crippen molar-refractivity contribution in [2.75, 3.05) is 5.32 Å². The summed E-state index contributed by atoms with van der Waals surface area (Å²) in [5.41, 5.74) is 3.61. The number of nitrogens with one attached hydrogen (secondary N) is 1. The normalized spacial score (nSPS) is 11.2. The first-order chi connectivity index (χ1) is 14.5. The van der Waals surface area contributed by atoms with Gasteiger partial charge >= 0.3 is 0 Å². The molecule has 2 aromatic heterocycles. The molecule has 0 fully saturated rings. The van der Waals surface area contributed by atoms with Gasteiger partial charge in [-0.15, -0.1) is 11.3 Å². The lowest BCUT2D eigenvalue weighted by atomic mass is 10.0. The maximum Gasteiger partial charge on any atom is 0.262 e. The van der Waals surface area contributed by atoms with Crippen LogP contribution in [0.25, 0.3) is 20.7 Å². The summed E-state index contributed by atoms with van der Waals surface area (Å²) < 4.78 is 1.38. The zero-order valence-corrected chi connectivity index (χ0v) is 18.0. The average Bonchev–Trinajstić information content (AvgIpc) is 3.08. The molecule has 0 saturated carbocycles. The van der Waals surface area contributed by atoms with Gasteiger partial charge < -0.3 is 5.32 Å². The van der Waals surface area contributed by atoms with E-state index in [0.29, 0.717) is 10.2 Å². The number of hydrogen-bond donors (Lipinski definition) is 1. The molecule has 6 heteroatoms. The van der Waals surface area contributed by atoms with E-state index in [1.165, 1.54) is 22.2 Å². The Morgan fingerprint density at radius 1 is 1.10 bits per heavy atom. The van der Waals surface area contributed by atoms with E-state index < -0.39 is 0 Å². The van der Waals surface area contributed by atoms with E-state index >= 15 is 0 Å². The Hall–Kier alpha value is -3.25. The van der Waals surface area contributed by atoms with Crippen molar-refractivity contribution >= 4 is 33.1 Å². The highest BCUT2D eigenvalue weighted by atomic mass is 32.1. The number of amides is 1. The van der Waals surface area contributed by atoms with Crippen molar-refractivity contribution in [2.45, 2.75) is 33.2 Å². The largest absolute Gasteiger partial charge is 0.324 e. The van der Waals surface area contributed by atoms with E-state index in [9.17, 15) is 9.59 Å². The Morgan fingerprint density at radius 3 is 2.53 bits per heavy atom. The SMILES string of the molecule is Cc1c(-c2ccccc2)sc2ncn(CC(=O)Nc3ccccc3C(C)C)c(=O)c12. The summed E-state index contributed by atoms with van der Waals surface area (Å²) in [5.74, 6) is 0.0367. The zero-order chi connectivity index (χ0) is 21.3. The van der Waals surface area contributed by atoms with Crippen LogP contribution in [0.2, 0.25) is 0 Å². The number of para-hydroxylation sites is 1. The third-order valence-electron chi connectivity index (χ3n) is 5.12. The van der Waals surface area contributed by atoms with Crippen molar-refractivity contribution in [1.82, 2.24) is 9.55 Å². The number of aromatic nitrogens is 2. The summed E-state index contributed by atoms with van der Waals surface area (Å²) >= 11 is 1.50. The minimum Gasteiger partial charge on any atom is -0.324 e. The topological polar surface area (TPSA) is 64.0 Å². The van der Waals surface area contributed by atoms with Crippen molar-refractivity contribution in [3.63, 3.8) is 0 Å². The Balaban J connectivity index is 1.64. The van der Waals surface area contributed by atoms with Gasteiger partial charge in [0.25, 0.3) is 5.56 Å². The molecule has 1 amide bonds. The van der Waals surface area contributed by atoms with Gasteiger partial charge in [0, 0.05) is 10.6 Å². The molecule has 0 aliphatic heterocycles. The molecule has 1 N–H and O–H groups in total. The van der Waals surface area contributed by atoms with Gasteiger partial charge in [-0.25, -0.2) is 4.98 Å². The summed E-state index contributed by atoms with van der Waals surface area (Å²) in [6.07, 6.45) is 1.46. The molecule has 5 nitrogen and oxygen atoms in total. The van der Waals surface area contributed by atoms with Gasteiger partial charge in [0.1, 0.15) is 11.4 Å². The minimum atomic E-state index is -0.248. The summed E-state index contributed by atoms with van der Waals surface area (Å²) in [5, 5.41) is 3.52. The van der Waals surface area contributed by atoms with Gasteiger partial charge in [-0.2, -0.15) is 0 Å². The number of aryl methyl sites for hydroxylation is 1. The Morgan fingerprint density at radius 2 is 1.80 bits per heavy atom. The molecule has 0 radical (unpaired) electrons. The standard InChI is InChI=1S/C24H23N3O2S/c1-15(2)18-11-7-8-12-19(18)26-20(28)13-27-14-25-23-21(24(27)29)16(3)22(30-23)17-9-5-4-6-10-17/h4-12,14-15H,13H2,1-3H3,(H,26,28). The molecule has 0 bridgehead atoms. The number of hydrogen-bond acceptors (Lipinski definition) is 4. The number of thiophene rings is 1. The molecule has 0 unspecified atom stereocenters. The highest BCUT2D eigenvalue weighted by Gasteiger charge is 2.17. The second-order valence-electron chi connectivity index (χ2n) is 7.57. The molecule has 0 aliphatic carbocycles. The van der Waals surface area contributed by atoms with Crippen LogP contribution in [0, 0.1) is 6.92 Å². The van der Waals surface area contributed by atoms with Crippen LogP contribution in [0.3, 0.4) is 0 Å². The van der Waals surface area contributed by atoms with Crippen LogP contribution >= 0.6 is 11.3 Å². The van der Waals surface area contributed by atoms with Crippen LogP contribution in [-0.2, 0) is 11.3 Å². The van der Waals surface area contributed by atoms with Gasteiger partial charge in [0.15, 0.2) is 0 Å². The van der Waals surface area contributed by atoms with E-state index in [2.05, 4.69) is 24.1 Å². The number of rotatable bonds is 5. The Labute approximate surface area is 179 Å². The van der Waals surface area contributed by atoms with Crippen molar-refractivity contribution in [3.05, 3.63) is 82.4 Å². The molecule has 4 aromatic rings. The second kappa shape index (κ2) is 8.24. The predicted molar refractivity (Wildman–Crippen MR) is 123 cm³/mol. The molecule has 2 heterocycles. The Bertz CT molecular complexity index is 1270. The van der Waals surface area contributed by atoms with Gasteiger partial charge in [0.2, 0.25) is 5.91 Å². The van der Waals surface area contributed by atoms with Crippen LogP contribution in [-0.4, -0.2) is 15.5 Å². The summed E-state index contributed by atoms with van der Waals surface area (Å²) in [4.78, 5) is 31.9. The van der Waals surface area contributed by atoms with Crippen molar-refractivity contribution in [2.24, 2.45) is 0 Å². The summed E-state index contributed by atoms with van der Waals surface area (Å²) in [7, 11) is 0. The minimum absolute atomic E-state index is 0.0792. The third kappa shape index (κ3) is 3.78. The molecule has 152 valence electrons.